The normalized spacial score (nSPS) is 10.9. The van der Waals surface area contributed by atoms with E-state index >= 15 is 0 Å². The van der Waals surface area contributed by atoms with Gasteiger partial charge < -0.3 is 10.1 Å². The van der Waals surface area contributed by atoms with Crippen LogP contribution in [0.15, 0.2) is 0 Å². The topological polar surface area (TPSA) is 64.9 Å². The third-order valence-electron chi connectivity index (χ3n) is 2.23. The van der Waals surface area contributed by atoms with E-state index in [0.717, 1.165) is 38.4 Å². The molecule has 0 aliphatic carbocycles. The fraction of sp³-hybridized carbons (Fsp3) is 0.900. The largest absolute Gasteiger partial charge is 0.380 e. The summed E-state index contributed by atoms with van der Waals surface area (Å²) in [4.78, 5) is 0. The van der Waals surface area contributed by atoms with Gasteiger partial charge in [-0.1, -0.05) is 20.3 Å². The van der Waals surface area contributed by atoms with Crippen molar-refractivity contribution in [2.24, 2.45) is 0 Å². The predicted octanol–water partition coefficient (Wildman–Crippen LogP) is 0.599. The van der Waals surface area contributed by atoms with E-state index in [9.17, 15) is 0 Å². The van der Waals surface area contributed by atoms with Crippen LogP contribution in [0.4, 0.5) is 0 Å². The van der Waals surface area contributed by atoms with E-state index in [4.69, 9.17) is 4.74 Å². The zero-order chi connectivity index (χ0) is 11.6. The molecule has 92 valence electrons. The average molecular weight is 227 g/mol. The Morgan fingerprint density at radius 2 is 2.19 bits per heavy atom. The molecule has 0 fully saturated rings. The lowest BCUT2D eigenvalue weighted by atomic mass is 10.4. The number of hydrogen-bond acceptors (Lipinski definition) is 5. The van der Waals surface area contributed by atoms with E-state index in [1.807, 2.05) is 0 Å². The molecule has 0 unspecified atom stereocenters. The molecule has 0 aromatic carbocycles. The summed E-state index contributed by atoms with van der Waals surface area (Å²) in [6, 6.07) is 0. The van der Waals surface area contributed by atoms with E-state index in [1.54, 1.807) is 4.68 Å². The summed E-state index contributed by atoms with van der Waals surface area (Å²) in [6.45, 7) is 8.04. The molecule has 0 saturated carbocycles. The first kappa shape index (κ1) is 13.1. The Kier molecular flexibility index (Phi) is 6.67. The second-order valence-corrected chi connectivity index (χ2v) is 3.56. The van der Waals surface area contributed by atoms with Crippen LogP contribution in [0.2, 0.25) is 0 Å². The smallest absolute Gasteiger partial charge is 0.165 e. The van der Waals surface area contributed by atoms with Crippen LogP contribution in [0.5, 0.6) is 0 Å². The number of nitrogens with zero attached hydrogens (tertiary/aromatic N) is 4. The first-order valence-electron chi connectivity index (χ1n) is 5.92. The highest BCUT2D eigenvalue weighted by atomic mass is 16.5. The van der Waals surface area contributed by atoms with E-state index in [1.165, 1.54) is 0 Å². The Morgan fingerprint density at radius 3 is 2.94 bits per heavy atom. The number of tetrazole rings is 1. The maximum Gasteiger partial charge on any atom is 0.165 e. The monoisotopic (exact) mass is 227 g/mol. The van der Waals surface area contributed by atoms with Gasteiger partial charge in [0.25, 0.3) is 0 Å². The molecule has 0 aliphatic rings. The van der Waals surface area contributed by atoms with Gasteiger partial charge in [-0.3, -0.25) is 0 Å². The molecule has 1 aromatic heterocycles. The quantitative estimate of drug-likeness (QED) is 0.626. The Labute approximate surface area is 96.4 Å². The second kappa shape index (κ2) is 8.18. The fourth-order valence-corrected chi connectivity index (χ4v) is 1.26. The highest BCUT2D eigenvalue weighted by Gasteiger charge is 2.04. The molecule has 0 amide bonds. The number of aromatic nitrogens is 4. The standard InChI is InChI=1S/C10H21N5O/c1-3-5-7-16-8-6-15-10(9-11-4-2)12-13-14-15/h11H,3-9H2,1-2H3. The van der Waals surface area contributed by atoms with Gasteiger partial charge in [-0.15, -0.1) is 5.10 Å². The maximum absolute atomic E-state index is 5.47. The van der Waals surface area contributed by atoms with Crippen molar-refractivity contribution < 1.29 is 4.74 Å². The van der Waals surface area contributed by atoms with Gasteiger partial charge in [-0.05, 0) is 23.4 Å². The summed E-state index contributed by atoms with van der Waals surface area (Å²) in [6.07, 6.45) is 2.27. The first-order chi connectivity index (χ1) is 7.88. The maximum atomic E-state index is 5.47. The van der Waals surface area contributed by atoms with Crippen molar-refractivity contribution in [1.29, 1.82) is 0 Å². The molecule has 1 heterocycles. The van der Waals surface area contributed by atoms with Crippen molar-refractivity contribution in [3.05, 3.63) is 5.82 Å². The molecule has 0 spiro atoms. The minimum atomic E-state index is 0.671. The van der Waals surface area contributed by atoms with Gasteiger partial charge in [-0.2, -0.15) is 0 Å². The molecule has 1 rings (SSSR count). The average Bonchev–Trinajstić information content (AvgIpc) is 2.74. The summed E-state index contributed by atoms with van der Waals surface area (Å²) >= 11 is 0. The second-order valence-electron chi connectivity index (χ2n) is 3.56. The zero-order valence-corrected chi connectivity index (χ0v) is 10.1. The predicted molar refractivity (Wildman–Crippen MR) is 60.9 cm³/mol. The van der Waals surface area contributed by atoms with Crippen molar-refractivity contribution in [3.63, 3.8) is 0 Å². The third-order valence-corrected chi connectivity index (χ3v) is 2.23. The van der Waals surface area contributed by atoms with Gasteiger partial charge >= 0.3 is 0 Å². The number of hydrogen-bond donors (Lipinski definition) is 1. The van der Waals surface area contributed by atoms with Crippen LogP contribution < -0.4 is 5.32 Å². The summed E-state index contributed by atoms with van der Waals surface area (Å²) in [7, 11) is 0. The summed E-state index contributed by atoms with van der Waals surface area (Å²) in [5.74, 6) is 0.862. The highest BCUT2D eigenvalue weighted by Crippen LogP contribution is 1.93. The fourth-order valence-electron chi connectivity index (χ4n) is 1.26. The molecule has 1 N–H and O–H groups in total. The van der Waals surface area contributed by atoms with Crippen molar-refractivity contribution in [2.45, 2.75) is 39.8 Å². The number of unbranched alkanes of at least 4 members (excludes halogenated alkanes) is 1. The molecule has 6 heteroatoms. The number of nitrogens with one attached hydrogen (secondary N) is 1. The lowest BCUT2D eigenvalue weighted by Crippen LogP contribution is -2.18. The molecule has 0 radical (unpaired) electrons. The Balaban J connectivity index is 2.22. The van der Waals surface area contributed by atoms with Crippen LogP contribution in [0.1, 0.15) is 32.5 Å². The summed E-state index contributed by atoms with van der Waals surface area (Å²) in [5.41, 5.74) is 0. The van der Waals surface area contributed by atoms with E-state index in [0.29, 0.717) is 13.2 Å². The molecule has 0 aliphatic heterocycles. The number of rotatable bonds is 9. The van der Waals surface area contributed by atoms with Crippen molar-refractivity contribution in [3.8, 4) is 0 Å². The Morgan fingerprint density at radius 1 is 1.31 bits per heavy atom. The van der Waals surface area contributed by atoms with Crippen LogP contribution in [0.25, 0.3) is 0 Å². The van der Waals surface area contributed by atoms with Gasteiger partial charge in [0.1, 0.15) is 0 Å². The van der Waals surface area contributed by atoms with Crippen molar-refractivity contribution >= 4 is 0 Å². The van der Waals surface area contributed by atoms with Gasteiger partial charge in [0.15, 0.2) is 5.82 Å². The van der Waals surface area contributed by atoms with Crippen molar-refractivity contribution in [2.75, 3.05) is 19.8 Å². The first-order valence-corrected chi connectivity index (χ1v) is 5.92. The molecule has 16 heavy (non-hydrogen) atoms. The summed E-state index contributed by atoms with van der Waals surface area (Å²) < 4.78 is 7.26. The van der Waals surface area contributed by atoms with Gasteiger partial charge in [0.2, 0.25) is 0 Å². The van der Waals surface area contributed by atoms with E-state index < -0.39 is 0 Å². The van der Waals surface area contributed by atoms with Crippen LogP contribution in [0, 0.1) is 0 Å². The minimum Gasteiger partial charge on any atom is -0.380 e. The summed E-state index contributed by atoms with van der Waals surface area (Å²) in [5, 5.41) is 14.7. The van der Waals surface area contributed by atoms with E-state index in [-0.39, 0.29) is 0 Å². The van der Waals surface area contributed by atoms with Crippen LogP contribution >= 0.6 is 0 Å². The molecule has 0 bridgehead atoms. The SMILES string of the molecule is CCCCOCCn1nnnc1CNCC. The molecule has 0 saturated heterocycles. The van der Waals surface area contributed by atoms with Gasteiger partial charge in [-0.25, -0.2) is 4.68 Å². The minimum absolute atomic E-state index is 0.671. The molecule has 0 atom stereocenters. The number of ether oxygens (including phenoxy) is 1. The third kappa shape index (κ3) is 4.67. The lowest BCUT2D eigenvalue weighted by molar-refractivity contribution is 0.120. The lowest BCUT2D eigenvalue weighted by Gasteiger charge is -2.05. The highest BCUT2D eigenvalue weighted by molar-refractivity contribution is 4.79. The van der Waals surface area contributed by atoms with Gasteiger partial charge in [0.05, 0.1) is 19.7 Å². The molecule has 1 aromatic rings. The molecular weight excluding hydrogens is 206 g/mol. The zero-order valence-electron chi connectivity index (χ0n) is 10.1. The Bertz CT molecular complexity index is 276. The Hall–Kier alpha value is -1.01. The van der Waals surface area contributed by atoms with Crippen LogP contribution in [-0.2, 0) is 17.8 Å². The van der Waals surface area contributed by atoms with Crippen LogP contribution in [-0.4, -0.2) is 40.0 Å². The molecule has 6 nitrogen and oxygen atoms in total. The van der Waals surface area contributed by atoms with Crippen molar-refractivity contribution in [1.82, 2.24) is 25.5 Å². The van der Waals surface area contributed by atoms with Gasteiger partial charge in [0, 0.05) is 6.61 Å². The molecular formula is C10H21N5O. The van der Waals surface area contributed by atoms with Crippen LogP contribution in [0.3, 0.4) is 0 Å². The van der Waals surface area contributed by atoms with E-state index in [2.05, 4.69) is 34.7 Å².